The molecule has 166 valence electrons. The van der Waals surface area contributed by atoms with Gasteiger partial charge in [-0.25, -0.2) is 0 Å². The van der Waals surface area contributed by atoms with Crippen LogP contribution in [-0.4, -0.2) is 48.3 Å². The minimum absolute atomic E-state index is 0.162. The third-order valence-corrected chi connectivity index (χ3v) is 8.13. The number of piperidine rings is 2. The van der Waals surface area contributed by atoms with Gasteiger partial charge in [0.2, 0.25) is 0 Å². The normalized spacial score (nSPS) is 19.5. The highest BCUT2D eigenvalue weighted by atomic mass is 35.5. The number of hydrogen-bond donors (Lipinski definition) is 1. The lowest BCUT2D eigenvalue weighted by Gasteiger charge is -2.41. The number of hydrogen-bond acceptors (Lipinski definition) is 4. The van der Waals surface area contributed by atoms with Crippen molar-refractivity contribution in [1.82, 2.24) is 4.90 Å². The smallest absolute Gasteiger partial charge is 0.256 e. The van der Waals surface area contributed by atoms with E-state index in [0.717, 1.165) is 48.9 Å². The summed E-state index contributed by atoms with van der Waals surface area (Å²) in [5.41, 5.74) is 1.89. The Bertz CT molecular complexity index is 878. The van der Waals surface area contributed by atoms with Crippen molar-refractivity contribution in [1.29, 1.82) is 0 Å². The Balaban J connectivity index is 1.26. The van der Waals surface area contributed by atoms with E-state index in [1.165, 1.54) is 18.5 Å². The number of anilines is 1. The van der Waals surface area contributed by atoms with Gasteiger partial charge in [-0.1, -0.05) is 41.9 Å². The average Bonchev–Trinajstić information content (AvgIpc) is 2.84. The lowest BCUT2D eigenvalue weighted by atomic mass is 9.78. The lowest BCUT2D eigenvalue weighted by Crippen LogP contribution is -2.44. The van der Waals surface area contributed by atoms with E-state index in [1.807, 2.05) is 41.5 Å². The molecule has 0 saturated carbocycles. The van der Waals surface area contributed by atoms with Crippen molar-refractivity contribution in [3.63, 3.8) is 0 Å². The first-order valence-electron chi connectivity index (χ1n) is 11.2. The molecule has 2 fully saturated rings. The van der Waals surface area contributed by atoms with E-state index in [1.54, 1.807) is 11.8 Å². The first-order chi connectivity index (χ1) is 15.1. The monoisotopic (exact) mass is 458 g/mol. The highest BCUT2D eigenvalue weighted by molar-refractivity contribution is 7.98. The molecule has 1 amide bonds. The number of aliphatic hydroxyl groups is 1. The first-order valence-corrected chi connectivity index (χ1v) is 12.8. The second-order valence-corrected chi connectivity index (χ2v) is 9.87. The second-order valence-electron chi connectivity index (χ2n) is 8.62. The molecule has 2 aromatic rings. The molecule has 31 heavy (non-hydrogen) atoms. The molecule has 2 aromatic carbocycles. The molecule has 0 aliphatic carbocycles. The van der Waals surface area contributed by atoms with Gasteiger partial charge in [0.15, 0.2) is 6.10 Å². The van der Waals surface area contributed by atoms with Crippen molar-refractivity contribution in [3.8, 4) is 0 Å². The predicted octanol–water partition coefficient (Wildman–Crippen LogP) is 5.25. The quantitative estimate of drug-likeness (QED) is 0.621. The van der Waals surface area contributed by atoms with Crippen molar-refractivity contribution in [2.75, 3.05) is 37.3 Å². The third-order valence-electron chi connectivity index (χ3n) is 6.91. The van der Waals surface area contributed by atoms with Crippen LogP contribution in [0.15, 0.2) is 53.4 Å². The summed E-state index contributed by atoms with van der Waals surface area (Å²) in [6.45, 7) is 3.62. The number of benzene rings is 2. The van der Waals surface area contributed by atoms with Gasteiger partial charge in [-0.05, 0) is 67.5 Å². The zero-order valence-electron chi connectivity index (χ0n) is 18.0. The Morgan fingerprint density at radius 2 is 1.61 bits per heavy atom. The summed E-state index contributed by atoms with van der Waals surface area (Å²) in [6, 6.07) is 15.6. The molecular weight excluding hydrogens is 428 g/mol. The van der Waals surface area contributed by atoms with Crippen molar-refractivity contribution in [2.24, 2.45) is 11.8 Å². The van der Waals surface area contributed by atoms with Crippen molar-refractivity contribution in [3.05, 3.63) is 59.1 Å². The molecule has 4 rings (SSSR count). The van der Waals surface area contributed by atoms with Crippen LogP contribution in [0.5, 0.6) is 0 Å². The molecule has 4 nitrogen and oxygen atoms in total. The number of thioether (sulfide) groups is 1. The molecule has 0 bridgehead atoms. The number of aliphatic hydroxyl groups excluding tert-OH is 1. The summed E-state index contributed by atoms with van der Waals surface area (Å²) in [4.78, 5) is 18.1. The summed E-state index contributed by atoms with van der Waals surface area (Å²) in [6.07, 6.45) is 5.44. The van der Waals surface area contributed by atoms with E-state index < -0.39 is 6.10 Å². The maximum Gasteiger partial charge on any atom is 0.256 e. The minimum Gasteiger partial charge on any atom is -0.378 e. The topological polar surface area (TPSA) is 43.8 Å². The van der Waals surface area contributed by atoms with Crippen LogP contribution in [0.2, 0.25) is 5.02 Å². The van der Waals surface area contributed by atoms with Crippen LogP contribution in [-0.2, 0) is 4.79 Å². The van der Waals surface area contributed by atoms with Crippen LogP contribution in [0.25, 0.3) is 0 Å². The van der Waals surface area contributed by atoms with Gasteiger partial charge in [0.25, 0.3) is 5.91 Å². The van der Waals surface area contributed by atoms with Crippen LogP contribution in [0.3, 0.4) is 0 Å². The van der Waals surface area contributed by atoms with Crippen LogP contribution < -0.4 is 4.90 Å². The highest BCUT2D eigenvalue weighted by Crippen LogP contribution is 2.36. The Labute approximate surface area is 194 Å². The molecule has 0 unspecified atom stereocenters. The molecule has 2 saturated heterocycles. The molecule has 0 spiro atoms. The van der Waals surface area contributed by atoms with E-state index in [-0.39, 0.29) is 5.91 Å². The lowest BCUT2D eigenvalue weighted by molar-refractivity contribution is -0.142. The summed E-state index contributed by atoms with van der Waals surface area (Å²) in [5, 5.41) is 11.3. The Hall–Kier alpha value is -1.69. The number of rotatable bonds is 5. The number of likely N-dealkylation sites (tertiary alicyclic amines) is 1. The maximum atomic E-state index is 12.7. The van der Waals surface area contributed by atoms with E-state index in [9.17, 15) is 9.90 Å². The summed E-state index contributed by atoms with van der Waals surface area (Å²) >= 11 is 8.08. The third kappa shape index (κ3) is 5.21. The Kier molecular flexibility index (Phi) is 7.47. The van der Waals surface area contributed by atoms with Gasteiger partial charge in [-0.2, -0.15) is 0 Å². The second kappa shape index (κ2) is 10.3. The number of carbonyl (C=O) groups excluding carboxylic acids is 1. The number of nitrogens with zero attached hydrogens (tertiary/aromatic N) is 2. The average molecular weight is 459 g/mol. The van der Waals surface area contributed by atoms with Crippen LogP contribution >= 0.6 is 23.4 Å². The molecule has 1 N–H and O–H groups in total. The van der Waals surface area contributed by atoms with Gasteiger partial charge < -0.3 is 14.9 Å². The van der Waals surface area contributed by atoms with E-state index in [2.05, 4.69) is 23.1 Å². The van der Waals surface area contributed by atoms with Gasteiger partial charge in [0.1, 0.15) is 0 Å². The van der Waals surface area contributed by atoms with Crippen molar-refractivity contribution >= 4 is 35.0 Å². The SMILES string of the molecule is CSc1ccc(N2CCC(C3CCN(C(=O)[C@H](O)c4ccccc4)CC3)CC2)cc1Cl. The van der Waals surface area contributed by atoms with Gasteiger partial charge >= 0.3 is 0 Å². The van der Waals surface area contributed by atoms with Gasteiger partial charge in [-0.15, -0.1) is 11.8 Å². The van der Waals surface area contributed by atoms with Crippen LogP contribution in [0.1, 0.15) is 37.4 Å². The molecule has 2 heterocycles. The van der Waals surface area contributed by atoms with E-state index in [4.69, 9.17) is 11.6 Å². The number of halogens is 1. The molecule has 2 aliphatic heterocycles. The van der Waals surface area contributed by atoms with Gasteiger partial charge in [0.05, 0.1) is 5.02 Å². The summed E-state index contributed by atoms with van der Waals surface area (Å²) in [5.74, 6) is 1.22. The summed E-state index contributed by atoms with van der Waals surface area (Å²) in [7, 11) is 0. The fraction of sp³-hybridized carbons (Fsp3) is 0.480. The molecule has 1 atom stereocenters. The van der Waals surface area contributed by atoms with E-state index >= 15 is 0 Å². The molecule has 0 aromatic heterocycles. The Morgan fingerprint density at radius 1 is 1.00 bits per heavy atom. The van der Waals surface area contributed by atoms with E-state index in [0.29, 0.717) is 17.4 Å². The molecule has 6 heteroatoms. The van der Waals surface area contributed by atoms with Crippen molar-refractivity contribution < 1.29 is 9.90 Å². The largest absolute Gasteiger partial charge is 0.378 e. The standard InChI is InChI=1S/C25H31ClN2O2S/c1-31-23-8-7-21(17-22(23)26)27-13-9-18(10-14-27)19-11-15-28(16-12-19)25(30)24(29)20-5-3-2-4-6-20/h2-8,17-19,24,29H,9-16H2,1H3/t24-/m1/s1. The molecule has 0 radical (unpaired) electrons. The number of carbonyl (C=O) groups is 1. The van der Waals surface area contributed by atoms with Gasteiger partial charge in [-0.3, -0.25) is 4.79 Å². The predicted molar refractivity (Wildman–Crippen MR) is 129 cm³/mol. The zero-order chi connectivity index (χ0) is 21.8. The highest BCUT2D eigenvalue weighted by Gasteiger charge is 2.32. The fourth-order valence-electron chi connectivity index (χ4n) is 5.02. The Morgan fingerprint density at radius 3 is 2.19 bits per heavy atom. The fourth-order valence-corrected chi connectivity index (χ4v) is 5.89. The molecule has 2 aliphatic rings. The zero-order valence-corrected chi connectivity index (χ0v) is 19.6. The minimum atomic E-state index is -1.05. The first kappa shape index (κ1) is 22.5. The maximum absolute atomic E-state index is 12.7. The van der Waals surface area contributed by atoms with Crippen molar-refractivity contribution in [2.45, 2.75) is 36.7 Å². The summed E-state index contributed by atoms with van der Waals surface area (Å²) < 4.78 is 0. The van der Waals surface area contributed by atoms with Gasteiger partial charge in [0, 0.05) is 36.8 Å². The number of amides is 1. The molecular formula is C25H31ClN2O2S. The van der Waals surface area contributed by atoms with Crippen LogP contribution in [0, 0.1) is 11.8 Å². The van der Waals surface area contributed by atoms with Crippen LogP contribution in [0.4, 0.5) is 5.69 Å².